The van der Waals surface area contributed by atoms with Gasteiger partial charge >= 0.3 is 0 Å². The number of amidine groups is 1. The fraction of sp³-hybridized carbons (Fsp3) is 0.350. The molecule has 8 nitrogen and oxygen atoms in total. The summed E-state index contributed by atoms with van der Waals surface area (Å²) in [4.78, 5) is 10.3. The number of hydrazine groups is 2. The Morgan fingerprint density at radius 3 is 2.84 bits per heavy atom. The average molecular weight is 433 g/mol. The quantitative estimate of drug-likeness (QED) is 0.627. The van der Waals surface area contributed by atoms with Gasteiger partial charge in [-0.15, -0.1) is 0 Å². The molecule has 0 spiro atoms. The predicted molar refractivity (Wildman–Crippen MR) is 107 cm³/mol. The highest BCUT2D eigenvalue weighted by Crippen LogP contribution is 2.42. The first-order valence-corrected chi connectivity index (χ1v) is 9.98. The van der Waals surface area contributed by atoms with Crippen LogP contribution in [0.4, 0.5) is 13.2 Å². The minimum Gasteiger partial charge on any atom is -0.391 e. The average Bonchev–Trinajstić information content (AvgIpc) is 3.41. The predicted octanol–water partition coefficient (Wildman–Crippen LogP) is 1.74. The Balaban J connectivity index is 1.56. The Bertz CT molecular complexity index is 1020. The second-order valence-corrected chi connectivity index (χ2v) is 7.77. The van der Waals surface area contributed by atoms with Gasteiger partial charge in [-0.1, -0.05) is 6.92 Å². The first-order chi connectivity index (χ1) is 14.9. The molecule has 0 aromatic heterocycles. The van der Waals surface area contributed by atoms with Gasteiger partial charge in [0.25, 0.3) is 0 Å². The summed E-state index contributed by atoms with van der Waals surface area (Å²) in [6.07, 6.45) is 8.08. The molecular formula is C20H22F3N7O. The maximum Gasteiger partial charge on any atom is 0.195 e. The number of aliphatic imine (C=N–C) groups is 1. The molecule has 4 N–H and O–H groups in total. The standard InChI is InChI=1S/C20H22F3N7O/c1-12-11-25-7-6-20(12,30-26-8-10-31-30)29-19(24)27-18-14(3-2-9-28(18)29)13-4-5-15(21)17(23)16(13)22/h2-5,8-10,12,19,25-26H,6-7,11,24H2,1H3. The van der Waals surface area contributed by atoms with Gasteiger partial charge < -0.3 is 10.2 Å². The Morgan fingerprint density at radius 1 is 1.26 bits per heavy atom. The summed E-state index contributed by atoms with van der Waals surface area (Å²) in [6, 6.07) is 2.10. The first-order valence-electron chi connectivity index (χ1n) is 9.98. The Kier molecular flexibility index (Phi) is 4.77. The van der Waals surface area contributed by atoms with Gasteiger partial charge in [0.05, 0.1) is 6.20 Å². The summed E-state index contributed by atoms with van der Waals surface area (Å²) < 4.78 is 42.0. The van der Waals surface area contributed by atoms with Crippen molar-refractivity contribution in [1.29, 1.82) is 0 Å². The molecule has 3 unspecified atom stereocenters. The van der Waals surface area contributed by atoms with Crippen molar-refractivity contribution in [2.75, 3.05) is 13.1 Å². The lowest BCUT2D eigenvalue weighted by molar-refractivity contribution is -0.301. The number of nitrogens with zero attached hydrogens (tertiary/aromatic N) is 4. The van der Waals surface area contributed by atoms with Gasteiger partial charge in [0.15, 0.2) is 35.2 Å². The fourth-order valence-electron chi connectivity index (χ4n) is 4.62. The molecule has 0 bridgehead atoms. The van der Waals surface area contributed by atoms with Gasteiger partial charge in [-0.05, 0) is 42.4 Å². The maximum atomic E-state index is 14.6. The number of hydroxylamine groups is 1. The number of hydrogen-bond acceptors (Lipinski definition) is 8. The van der Waals surface area contributed by atoms with E-state index in [9.17, 15) is 13.2 Å². The summed E-state index contributed by atoms with van der Waals surface area (Å²) >= 11 is 0. The summed E-state index contributed by atoms with van der Waals surface area (Å²) in [5.41, 5.74) is 9.05. The zero-order valence-corrected chi connectivity index (χ0v) is 16.7. The molecular weight excluding hydrogens is 411 g/mol. The largest absolute Gasteiger partial charge is 0.391 e. The Hall–Kier alpha value is -2.86. The van der Waals surface area contributed by atoms with E-state index in [-0.39, 0.29) is 11.5 Å². The van der Waals surface area contributed by atoms with E-state index >= 15 is 0 Å². The van der Waals surface area contributed by atoms with Gasteiger partial charge in [0.1, 0.15) is 6.26 Å². The molecule has 1 aromatic rings. The SMILES string of the molecule is CC1CNCCC1(N1NC=CO1)N1C(N)N=C2C(c3ccc(F)c(F)c3F)=CC=CN21. The third-order valence-electron chi connectivity index (χ3n) is 6.09. The van der Waals surface area contributed by atoms with E-state index in [4.69, 9.17) is 10.6 Å². The smallest absolute Gasteiger partial charge is 0.195 e. The molecule has 4 aliphatic heterocycles. The van der Waals surface area contributed by atoms with Crippen molar-refractivity contribution >= 4 is 11.4 Å². The molecule has 3 atom stereocenters. The number of nitrogens with one attached hydrogen (secondary N) is 2. The number of piperidine rings is 1. The van der Waals surface area contributed by atoms with E-state index in [1.807, 2.05) is 5.01 Å². The third kappa shape index (κ3) is 2.88. The van der Waals surface area contributed by atoms with Gasteiger partial charge in [-0.3, -0.25) is 16.2 Å². The fourth-order valence-corrected chi connectivity index (χ4v) is 4.62. The number of hydrogen-bond donors (Lipinski definition) is 3. The van der Waals surface area contributed by atoms with Gasteiger partial charge in [-0.2, -0.15) is 5.01 Å². The van der Waals surface area contributed by atoms with Crippen molar-refractivity contribution in [3.63, 3.8) is 0 Å². The normalized spacial score (nSPS) is 30.7. The highest BCUT2D eigenvalue weighted by molar-refractivity contribution is 6.24. The van der Waals surface area contributed by atoms with Crippen LogP contribution in [0.2, 0.25) is 0 Å². The Labute approximate surface area is 177 Å². The van der Waals surface area contributed by atoms with E-state index < -0.39 is 29.4 Å². The van der Waals surface area contributed by atoms with E-state index in [0.29, 0.717) is 30.9 Å². The van der Waals surface area contributed by atoms with Crippen LogP contribution in [-0.2, 0) is 4.84 Å². The van der Waals surface area contributed by atoms with Crippen molar-refractivity contribution in [3.05, 3.63) is 66.0 Å². The molecule has 1 saturated heterocycles. The van der Waals surface area contributed by atoms with Crippen molar-refractivity contribution in [2.45, 2.75) is 25.3 Å². The zero-order valence-electron chi connectivity index (χ0n) is 16.7. The highest BCUT2D eigenvalue weighted by Gasteiger charge is 2.57. The van der Waals surface area contributed by atoms with Gasteiger partial charge in [0, 0.05) is 29.8 Å². The molecule has 0 amide bonds. The number of benzene rings is 1. The minimum atomic E-state index is -1.52. The molecule has 0 saturated carbocycles. The van der Waals surface area contributed by atoms with E-state index in [0.717, 1.165) is 6.07 Å². The van der Waals surface area contributed by atoms with Crippen molar-refractivity contribution in [3.8, 4) is 0 Å². The molecule has 164 valence electrons. The van der Waals surface area contributed by atoms with Crippen molar-refractivity contribution < 1.29 is 18.0 Å². The van der Waals surface area contributed by atoms with Crippen LogP contribution in [0.15, 0.2) is 47.9 Å². The molecule has 4 aliphatic rings. The molecule has 5 rings (SSSR count). The Morgan fingerprint density at radius 2 is 2.10 bits per heavy atom. The molecule has 1 aromatic carbocycles. The minimum absolute atomic E-state index is 0.0389. The molecule has 1 fully saturated rings. The van der Waals surface area contributed by atoms with Crippen LogP contribution >= 0.6 is 0 Å². The van der Waals surface area contributed by atoms with Crippen LogP contribution in [0.1, 0.15) is 18.9 Å². The summed E-state index contributed by atoms with van der Waals surface area (Å²) in [5, 5.41) is 8.60. The van der Waals surface area contributed by atoms with E-state index in [1.165, 1.54) is 12.3 Å². The van der Waals surface area contributed by atoms with Crippen molar-refractivity contribution in [2.24, 2.45) is 16.6 Å². The number of rotatable bonds is 3. The second kappa shape index (κ2) is 7.38. The lowest BCUT2D eigenvalue weighted by Gasteiger charge is -2.54. The summed E-state index contributed by atoms with van der Waals surface area (Å²) in [7, 11) is 0. The zero-order chi connectivity index (χ0) is 21.8. The molecule has 4 heterocycles. The molecule has 11 heteroatoms. The lowest BCUT2D eigenvalue weighted by Crippen LogP contribution is -2.74. The van der Waals surface area contributed by atoms with Crippen LogP contribution in [0.25, 0.3) is 5.57 Å². The summed E-state index contributed by atoms with van der Waals surface area (Å²) in [6.45, 7) is 3.49. The molecule has 0 radical (unpaired) electrons. The third-order valence-corrected chi connectivity index (χ3v) is 6.09. The molecule has 0 aliphatic carbocycles. The second-order valence-electron chi connectivity index (χ2n) is 7.77. The summed E-state index contributed by atoms with van der Waals surface area (Å²) in [5.74, 6) is -3.66. The van der Waals surface area contributed by atoms with Crippen LogP contribution in [0.5, 0.6) is 0 Å². The van der Waals surface area contributed by atoms with E-state index in [1.54, 1.807) is 34.7 Å². The van der Waals surface area contributed by atoms with Crippen LogP contribution in [0, 0.1) is 23.4 Å². The molecule has 31 heavy (non-hydrogen) atoms. The van der Waals surface area contributed by atoms with Crippen LogP contribution in [0.3, 0.4) is 0 Å². The number of nitrogens with two attached hydrogens (primary N) is 1. The number of fused-ring (bicyclic) bond motifs is 1. The topological polar surface area (TPSA) is 81.4 Å². The number of halogens is 3. The van der Waals surface area contributed by atoms with Gasteiger partial charge in [0.2, 0.25) is 0 Å². The number of allylic oxidation sites excluding steroid dienone is 2. The van der Waals surface area contributed by atoms with Crippen LogP contribution in [-0.4, -0.2) is 46.1 Å². The first kappa shape index (κ1) is 20.1. The highest BCUT2D eigenvalue weighted by atomic mass is 19.2. The van der Waals surface area contributed by atoms with E-state index in [2.05, 4.69) is 22.7 Å². The lowest BCUT2D eigenvalue weighted by atomic mass is 9.86. The van der Waals surface area contributed by atoms with Crippen LogP contribution < -0.4 is 16.5 Å². The monoisotopic (exact) mass is 433 g/mol. The van der Waals surface area contributed by atoms with Gasteiger partial charge in [-0.25, -0.2) is 18.2 Å². The van der Waals surface area contributed by atoms with Crippen molar-refractivity contribution in [1.82, 2.24) is 25.9 Å². The maximum absolute atomic E-state index is 14.6.